The van der Waals surface area contributed by atoms with E-state index in [-0.39, 0.29) is 5.82 Å². The Morgan fingerprint density at radius 2 is 2.06 bits per heavy atom. The molecule has 0 atom stereocenters. The van der Waals surface area contributed by atoms with Gasteiger partial charge in [0, 0.05) is 19.1 Å². The highest BCUT2D eigenvalue weighted by Gasteiger charge is 2.11. The second kappa shape index (κ2) is 5.55. The Labute approximate surface area is 115 Å². The van der Waals surface area contributed by atoms with E-state index < -0.39 is 0 Å². The molecule has 1 aromatic heterocycles. The molecule has 18 heavy (non-hydrogen) atoms. The van der Waals surface area contributed by atoms with E-state index in [0.29, 0.717) is 22.4 Å². The standard InChI is InChI=1S/C13H11Cl2FN2/c1-18(12-5-3-2-4-11(12)16)13-6-9(7-14)10(15)8-17-13/h2-6,8H,7H2,1H3. The molecular formula is C13H11Cl2FN2. The van der Waals surface area contributed by atoms with Crippen molar-refractivity contribution in [3.05, 3.63) is 52.9 Å². The summed E-state index contributed by atoms with van der Waals surface area (Å²) in [6.07, 6.45) is 1.52. The van der Waals surface area contributed by atoms with Gasteiger partial charge >= 0.3 is 0 Å². The number of alkyl halides is 1. The number of rotatable bonds is 3. The van der Waals surface area contributed by atoms with Gasteiger partial charge in [-0.1, -0.05) is 23.7 Å². The van der Waals surface area contributed by atoms with Gasteiger partial charge in [-0.2, -0.15) is 0 Å². The topological polar surface area (TPSA) is 16.1 Å². The number of anilines is 2. The zero-order valence-corrected chi connectivity index (χ0v) is 11.2. The molecule has 0 spiro atoms. The molecule has 0 aliphatic carbocycles. The van der Waals surface area contributed by atoms with Crippen LogP contribution in [-0.4, -0.2) is 12.0 Å². The van der Waals surface area contributed by atoms with Gasteiger partial charge in [0.1, 0.15) is 11.6 Å². The molecule has 0 aliphatic heterocycles. The highest BCUT2D eigenvalue weighted by molar-refractivity contribution is 6.32. The smallest absolute Gasteiger partial charge is 0.146 e. The van der Waals surface area contributed by atoms with E-state index in [2.05, 4.69) is 4.98 Å². The van der Waals surface area contributed by atoms with Crippen LogP contribution in [0.15, 0.2) is 36.5 Å². The van der Waals surface area contributed by atoms with Gasteiger partial charge < -0.3 is 4.90 Å². The number of aromatic nitrogens is 1. The Kier molecular flexibility index (Phi) is 4.04. The predicted octanol–water partition coefficient (Wildman–Crippen LogP) is 4.38. The molecule has 0 saturated carbocycles. The van der Waals surface area contributed by atoms with Crippen molar-refractivity contribution >= 4 is 34.7 Å². The fourth-order valence-corrected chi connectivity index (χ4v) is 2.06. The lowest BCUT2D eigenvalue weighted by atomic mass is 10.2. The molecule has 2 aromatic rings. The summed E-state index contributed by atoms with van der Waals surface area (Å²) >= 11 is 11.7. The van der Waals surface area contributed by atoms with Gasteiger partial charge in [-0.3, -0.25) is 0 Å². The van der Waals surface area contributed by atoms with E-state index in [4.69, 9.17) is 23.2 Å². The average Bonchev–Trinajstić information content (AvgIpc) is 2.39. The molecule has 2 nitrogen and oxygen atoms in total. The van der Waals surface area contributed by atoms with Gasteiger partial charge in [0.2, 0.25) is 0 Å². The van der Waals surface area contributed by atoms with Crippen molar-refractivity contribution in [2.45, 2.75) is 5.88 Å². The Bertz CT molecular complexity index is 560. The number of benzene rings is 1. The lowest BCUT2D eigenvalue weighted by Gasteiger charge is -2.19. The lowest BCUT2D eigenvalue weighted by molar-refractivity contribution is 0.627. The van der Waals surface area contributed by atoms with Gasteiger partial charge in [0.15, 0.2) is 0 Å². The van der Waals surface area contributed by atoms with Crippen LogP contribution in [0.5, 0.6) is 0 Å². The molecule has 1 heterocycles. The minimum atomic E-state index is -0.302. The number of nitrogens with zero attached hydrogens (tertiary/aromatic N) is 2. The predicted molar refractivity (Wildman–Crippen MR) is 73.3 cm³/mol. The molecular weight excluding hydrogens is 274 g/mol. The Balaban J connectivity index is 2.40. The molecule has 0 amide bonds. The largest absolute Gasteiger partial charge is 0.327 e. The summed E-state index contributed by atoms with van der Waals surface area (Å²) in [6, 6.07) is 8.26. The minimum absolute atomic E-state index is 0.291. The van der Waals surface area contributed by atoms with Crippen molar-refractivity contribution in [2.24, 2.45) is 0 Å². The minimum Gasteiger partial charge on any atom is -0.327 e. The van der Waals surface area contributed by atoms with E-state index in [1.807, 2.05) is 0 Å². The van der Waals surface area contributed by atoms with Crippen LogP contribution in [0.4, 0.5) is 15.9 Å². The average molecular weight is 285 g/mol. The summed E-state index contributed by atoms with van der Waals surface area (Å²) in [5.41, 5.74) is 1.22. The quantitative estimate of drug-likeness (QED) is 0.778. The van der Waals surface area contributed by atoms with Gasteiger partial charge in [0.25, 0.3) is 0 Å². The number of hydrogen-bond donors (Lipinski definition) is 0. The maximum atomic E-state index is 13.7. The van der Waals surface area contributed by atoms with E-state index >= 15 is 0 Å². The van der Waals surface area contributed by atoms with Crippen LogP contribution in [-0.2, 0) is 5.88 Å². The zero-order chi connectivity index (χ0) is 13.1. The molecule has 0 N–H and O–H groups in total. The number of hydrogen-bond acceptors (Lipinski definition) is 2. The number of para-hydroxylation sites is 1. The third kappa shape index (κ3) is 2.57. The second-order valence-corrected chi connectivity index (χ2v) is 4.45. The summed E-state index contributed by atoms with van der Waals surface area (Å²) in [7, 11) is 1.74. The van der Waals surface area contributed by atoms with Gasteiger partial charge in [0.05, 0.1) is 10.7 Å². The van der Waals surface area contributed by atoms with E-state index in [0.717, 1.165) is 5.56 Å². The van der Waals surface area contributed by atoms with Crippen LogP contribution in [0.1, 0.15) is 5.56 Å². The summed E-state index contributed by atoms with van der Waals surface area (Å²) in [6.45, 7) is 0. The number of pyridine rings is 1. The monoisotopic (exact) mass is 284 g/mol. The van der Waals surface area contributed by atoms with Crippen molar-refractivity contribution < 1.29 is 4.39 Å². The van der Waals surface area contributed by atoms with Crippen LogP contribution in [0.3, 0.4) is 0 Å². The van der Waals surface area contributed by atoms with E-state index in [1.54, 1.807) is 36.2 Å². The molecule has 0 aliphatic rings. The van der Waals surface area contributed by atoms with Crippen molar-refractivity contribution in [2.75, 3.05) is 11.9 Å². The molecule has 94 valence electrons. The van der Waals surface area contributed by atoms with Crippen molar-refractivity contribution in [3.8, 4) is 0 Å². The first-order chi connectivity index (χ1) is 8.63. The SMILES string of the molecule is CN(c1cc(CCl)c(Cl)cn1)c1ccccc1F. The Hall–Kier alpha value is -1.32. The summed E-state index contributed by atoms with van der Waals surface area (Å²) < 4.78 is 13.7. The maximum Gasteiger partial charge on any atom is 0.146 e. The fourth-order valence-electron chi connectivity index (χ4n) is 1.60. The first-order valence-corrected chi connectivity index (χ1v) is 6.23. The first-order valence-electron chi connectivity index (χ1n) is 5.32. The van der Waals surface area contributed by atoms with Crippen molar-refractivity contribution in [1.82, 2.24) is 4.98 Å². The fraction of sp³-hybridized carbons (Fsp3) is 0.154. The lowest BCUT2D eigenvalue weighted by Crippen LogP contribution is -2.13. The van der Waals surface area contributed by atoms with E-state index in [9.17, 15) is 4.39 Å². The highest BCUT2D eigenvalue weighted by atomic mass is 35.5. The molecule has 0 bridgehead atoms. The van der Waals surface area contributed by atoms with Crippen molar-refractivity contribution in [3.63, 3.8) is 0 Å². The summed E-state index contributed by atoms with van der Waals surface area (Å²) in [4.78, 5) is 5.83. The Morgan fingerprint density at radius 3 is 2.72 bits per heavy atom. The molecule has 0 unspecified atom stereocenters. The maximum absolute atomic E-state index is 13.7. The zero-order valence-electron chi connectivity index (χ0n) is 9.70. The van der Waals surface area contributed by atoms with Gasteiger partial charge in [-0.25, -0.2) is 9.37 Å². The third-order valence-corrected chi connectivity index (χ3v) is 3.25. The molecule has 2 rings (SSSR count). The van der Waals surface area contributed by atoms with Crippen LogP contribution in [0.25, 0.3) is 0 Å². The summed E-state index contributed by atoms with van der Waals surface area (Å²) in [5.74, 6) is 0.587. The van der Waals surface area contributed by atoms with Crippen molar-refractivity contribution in [1.29, 1.82) is 0 Å². The first kappa shape index (κ1) is 13.1. The molecule has 5 heteroatoms. The van der Waals surface area contributed by atoms with Crippen LogP contribution < -0.4 is 4.90 Å². The van der Waals surface area contributed by atoms with E-state index in [1.165, 1.54) is 12.3 Å². The van der Waals surface area contributed by atoms with Crippen LogP contribution >= 0.6 is 23.2 Å². The summed E-state index contributed by atoms with van der Waals surface area (Å²) in [5, 5.41) is 0.510. The molecule has 1 aromatic carbocycles. The van der Waals surface area contributed by atoms with Crippen LogP contribution in [0.2, 0.25) is 5.02 Å². The van der Waals surface area contributed by atoms with Gasteiger partial charge in [-0.05, 0) is 23.8 Å². The molecule has 0 saturated heterocycles. The Morgan fingerprint density at radius 1 is 1.33 bits per heavy atom. The molecule has 0 radical (unpaired) electrons. The second-order valence-electron chi connectivity index (χ2n) is 3.78. The van der Waals surface area contributed by atoms with Gasteiger partial charge in [-0.15, -0.1) is 11.6 Å². The normalized spacial score (nSPS) is 10.4. The molecule has 0 fully saturated rings. The number of halogens is 3. The third-order valence-electron chi connectivity index (χ3n) is 2.62. The van der Waals surface area contributed by atoms with Crippen LogP contribution in [0, 0.1) is 5.82 Å². The highest BCUT2D eigenvalue weighted by Crippen LogP contribution is 2.27.